The fraction of sp³-hybridized carbons (Fsp3) is 0.500. The maximum absolute atomic E-state index is 12.3. The summed E-state index contributed by atoms with van der Waals surface area (Å²) in [6.07, 6.45) is 0. The zero-order chi connectivity index (χ0) is 16.6. The van der Waals surface area contributed by atoms with Crippen molar-refractivity contribution < 1.29 is 13.2 Å². The van der Waals surface area contributed by atoms with Crippen molar-refractivity contribution in [2.24, 2.45) is 10.6 Å². The van der Waals surface area contributed by atoms with E-state index in [1.165, 1.54) is 6.07 Å². The Labute approximate surface area is 130 Å². The van der Waals surface area contributed by atoms with Gasteiger partial charge in [0.2, 0.25) is 10.0 Å². The molecule has 0 aliphatic heterocycles. The Bertz CT molecular complexity index is 664. The second-order valence-electron chi connectivity index (χ2n) is 6.21. The number of hydrogen-bond donors (Lipinski definition) is 2. The van der Waals surface area contributed by atoms with E-state index in [2.05, 4.69) is 5.32 Å². The predicted octanol–water partition coefficient (Wildman–Crippen LogP) is 2.46. The summed E-state index contributed by atoms with van der Waals surface area (Å²) in [5.41, 5.74) is 0.591. The number of halogens is 1. The molecule has 0 heterocycles. The summed E-state index contributed by atoms with van der Waals surface area (Å²) in [5.74, 6) is -0.359. The maximum atomic E-state index is 12.3. The molecular formula is C14H21ClN2O3S. The number of hydrogen-bond acceptors (Lipinski definition) is 3. The van der Waals surface area contributed by atoms with Gasteiger partial charge in [0, 0.05) is 11.6 Å². The largest absolute Gasteiger partial charge is 0.349 e. The first kappa shape index (κ1) is 17.9. The van der Waals surface area contributed by atoms with Crippen LogP contribution < -0.4 is 10.5 Å². The molecule has 3 N–H and O–H groups in total. The van der Waals surface area contributed by atoms with Gasteiger partial charge < -0.3 is 5.32 Å². The lowest BCUT2D eigenvalue weighted by Crippen LogP contribution is -2.41. The van der Waals surface area contributed by atoms with Gasteiger partial charge in [-0.1, -0.05) is 32.4 Å². The van der Waals surface area contributed by atoms with E-state index in [-0.39, 0.29) is 32.8 Å². The van der Waals surface area contributed by atoms with Gasteiger partial charge in [0.1, 0.15) is 4.90 Å². The highest BCUT2D eigenvalue weighted by Gasteiger charge is 2.24. The molecule has 5 nitrogen and oxygen atoms in total. The first-order valence-corrected chi connectivity index (χ1v) is 8.40. The smallest absolute Gasteiger partial charge is 0.251 e. The number of aryl methyl sites for hydroxylation is 1. The van der Waals surface area contributed by atoms with Crippen LogP contribution in [0, 0.1) is 12.3 Å². The van der Waals surface area contributed by atoms with Gasteiger partial charge in [-0.25, -0.2) is 13.6 Å². The quantitative estimate of drug-likeness (QED) is 0.891. The highest BCUT2D eigenvalue weighted by Crippen LogP contribution is 2.26. The summed E-state index contributed by atoms with van der Waals surface area (Å²) in [6.45, 7) is 9.52. The minimum atomic E-state index is -3.98. The summed E-state index contributed by atoms with van der Waals surface area (Å²) < 4.78 is 23.0. The zero-order valence-electron chi connectivity index (χ0n) is 12.8. The van der Waals surface area contributed by atoms with Crippen molar-refractivity contribution in [3.05, 3.63) is 28.3 Å². The number of amides is 1. The number of primary sulfonamides is 1. The minimum absolute atomic E-state index is 0.0397. The summed E-state index contributed by atoms with van der Waals surface area (Å²) in [5, 5.41) is 8.01. The van der Waals surface area contributed by atoms with Gasteiger partial charge in [0.25, 0.3) is 5.91 Å². The number of sulfonamides is 1. The lowest BCUT2D eigenvalue weighted by Gasteiger charge is -2.28. The number of nitrogens with one attached hydrogen (secondary N) is 1. The molecule has 1 rings (SSSR count). The van der Waals surface area contributed by atoms with Gasteiger partial charge in [-0.15, -0.1) is 0 Å². The van der Waals surface area contributed by atoms with E-state index in [1.54, 1.807) is 13.0 Å². The molecule has 0 bridgehead atoms. The summed E-state index contributed by atoms with van der Waals surface area (Å²) in [4.78, 5) is 12.0. The molecule has 118 valence electrons. The van der Waals surface area contributed by atoms with Crippen LogP contribution in [0.15, 0.2) is 17.0 Å². The Balaban J connectivity index is 3.21. The third-order valence-corrected chi connectivity index (χ3v) is 4.99. The second kappa shape index (κ2) is 5.94. The molecule has 1 amide bonds. The molecule has 1 aromatic carbocycles. The van der Waals surface area contributed by atoms with E-state index in [0.29, 0.717) is 5.56 Å². The number of benzene rings is 1. The van der Waals surface area contributed by atoms with Crippen LogP contribution in [-0.4, -0.2) is 20.4 Å². The molecule has 0 saturated carbocycles. The fourth-order valence-corrected chi connectivity index (χ4v) is 2.71. The van der Waals surface area contributed by atoms with Gasteiger partial charge in [-0.05, 0) is 37.0 Å². The fourth-order valence-electron chi connectivity index (χ4n) is 1.57. The van der Waals surface area contributed by atoms with Crippen LogP contribution in [0.2, 0.25) is 5.02 Å². The molecule has 0 fully saturated rings. The molecule has 0 aliphatic carbocycles. The molecule has 1 atom stereocenters. The van der Waals surface area contributed by atoms with Gasteiger partial charge in [0.15, 0.2) is 0 Å². The van der Waals surface area contributed by atoms with E-state index >= 15 is 0 Å². The number of carbonyl (C=O) groups excluding carboxylic acids is 1. The Kier molecular flexibility index (Phi) is 5.08. The molecule has 0 radical (unpaired) electrons. The lowest BCUT2D eigenvalue weighted by atomic mass is 9.88. The number of nitrogens with two attached hydrogens (primary N) is 1. The Morgan fingerprint density at radius 3 is 2.29 bits per heavy atom. The average Bonchev–Trinajstić information content (AvgIpc) is 2.29. The average molecular weight is 333 g/mol. The summed E-state index contributed by atoms with van der Waals surface area (Å²) in [6, 6.07) is 2.66. The van der Waals surface area contributed by atoms with Crippen molar-refractivity contribution in [3.63, 3.8) is 0 Å². The maximum Gasteiger partial charge on any atom is 0.251 e. The molecule has 0 aliphatic rings. The van der Waals surface area contributed by atoms with Crippen LogP contribution >= 0.6 is 11.6 Å². The Morgan fingerprint density at radius 1 is 1.33 bits per heavy atom. The summed E-state index contributed by atoms with van der Waals surface area (Å²) >= 11 is 5.94. The van der Waals surface area contributed by atoms with E-state index in [1.807, 2.05) is 27.7 Å². The minimum Gasteiger partial charge on any atom is -0.349 e. The van der Waals surface area contributed by atoms with Crippen LogP contribution in [0.1, 0.15) is 43.6 Å². The monoisotopic (exact) mass is 332 g/mol. The molecular weight excluding hydrogens is 312 g/mol. The molecule has 7 heteroatoms. The van der Waals surface area contributed by atoms with Crippen molar-refractivity contribution >= 4 is 27.5 Å². The van der Waals surface area contributed by atoms with Crippen molar-refractivity contribution in [1.29, 1.82) is 0 Å². The molecule has 0 saturated heterocycles. The SMILES string of the molecule is Cc1cc(C(=O)NC(C)C(C)(C)C)cc(S(N)(=O)=O)c1Cl. The lowest BCUT2D eigenvalue weighted by molar-refractivity contribution is 0.0910. The van der Waals surface area contributed by atoms with E-state index in [9.17, 15) is 13.2 Å². The van der Waals surface area contributed by atoms with Gasteiger partial charge in [0.05, 0.1) is 5.02 Å². The first-order valence-electron chi connectivity index (χ1n) is 6.48. The van der Waals surface area contributed by atoms with Crippen molar-refractivity contribution in [3.8, 4) is 0 Å². The number of rotatable bonds is 3. The van der Waals surface area contributed by atoms with Crippen LogP contribution in [0.25, 0.3) is 0 Å². The third-order valence-electron chi connectivity index (χ3n) is 3.44. The van der Waals surface area contributed by atoms with E-state index < -0.39 is 10.0 Å². The standard InChI is InChI=1S/C14H21ClN2O3S/c1-8-6-10(7-11(12(8)15)21(16,19)20)13(18)17-9(2)14(3,4)5/h6-7,9H,1-5H3,(H,17,18)(H2,16,19,20). The van der Waals surface area contributed by atoms with Crippen LogP contribution in [0.3, 0.4) is 0 Å². The van der Waals surface area contributed by atoms with E-state index in [4.69, 9.17) is 16.7 Å². The third kappa shape index (κ3) is 4.43. The molecule has 0 aromatic heterocycles. The molecule has 21 heavy (non-hydrogen) atoms. The molecule has 1 unspecified atom stereocenters. The van der Waals surface area contributed by atoms with Gasteiger partial charge in [-0.3, -0.25) is 4.79 Å². The van der Waals surface area contributed by atoms with Crippen LogP contribution in [-0.2, 0) is 10.0 Å². The van der Waals surface area contributed by atoms with E-state index in [0.717, 1.165) is 0 Å². The van der Waals surface area contributed by atoms with Crippen molar-refractivity contribution in [1.82, 2.24) is 5.32 Å². The predicted molar refractivity (Wildman–Crippen MR) is 83.9 cm³/mol. The normalized spacial score (nSPS) is 13.9. The molecule has 1 aromatic rings. The number of carbonyl (C=O) groups is 1. The van der Waals surface area contributed by atoms with Gasteiger partial charge >= 0.3 is 0 Å². The zero-order valence-corrected chi connectivity index (χ0v) is 14.4. The van der Waals surface area contributed by atoms with Gasteiger partial charge in [-0.2, -0.15) is 0 Å². The first-order chi connectivity index (χ1) is 9.34. The highest BCUT2D eigenvalue weighted by molar-refractivity contribution is 7.89. The molecule has 0 spiro atoms. The topological polar surface area (TPSA) is 89.3 Å². The second-order valence-corrected chi connectivity index (χ2v) is 8.12. The summed E-state index contributed by atoms with van der Waals surface area (Å²) in [7, 11) is -3.98. The Hall–Kier alpha value is -1.11. The van der Waals surface area contributed by atoms with Crippen molar-refractivity contribution in [2.75, 3.05) is 0 Å². The van der Waals surface area contributed by atoms with Crippen LogP contribution in [0.4, 0.5) is 0 Å². The Morgan fingerprint density at radius 2 is 1.86 bits per heavy atom. The highest BCUT2D eigenvalue weighted by atomic mass is 35.5. The van der Waals surface area contributed by atoms with Crippen LogP contribution in [0.5, 0.6) is 0 Å². The van der Waals surface area contributed by atoms with Crippen molar-refractivity contribution in [2.45, 2.75) is 45.6 Å².